The number of benzene rings is 4. The maximum atomic E-state index is 11.3. The van der Waals surface area contributed by atoms with Crippen LogP contribution in [0.15, 0.2) is 60.7 Å². The Kier molecular flexibility index (Phi) is 22.5. The third kappa shape index (κ3) is 19.3. The number of carbonyl (C=O) groups is 11. The largest absolute Gasteiger partial charge is 0.481 e. The molecule has 0 radical (unpaired) electrons. The molecule has 0 aliphatic carbocycles. The van der Waals surface area contributed by atoms with Gasteiger partial charge in [0.1, 0.15) is 0 Å². The lowest BCUT2D eigenvalue weighted by Gasteiger charge is -2.27. The summed E-state index contributed by atoms with van der Waals surface area (Å²) in [5, 5.41) is 97.9. The van der Waals surface area contributed by atoms with Crippen LogP contribution in [0.25, 0.3) is 0 Å². The fourth-order valence-corrected chi connectivity index (χ4v) is 7.10. The molecule has 0 amide bonds. The molecule has 0 bridgehead atoms. The summed E-state index contributed by atoms with van der Waals surface area (Å²) in [5.74, 6) is -14.2. The Morgan fingerprint density at radius 2 is 0.704 bits per heavy atom. The summed E-state index contributed by atoms with van der Waals surface area (Å²) in [7, 11) is 0. The first-order chi connectivity index (χ1) is 32.7. The maximum Gasteiger partial charge on any atom is 0.336 e. The normalized spacial score (nSPS) is 10.8. The average Bonchev–Trinajstić information content (AvgIpc) is 3.19. The zero-order valence-electron chi connectivity index (χ0n) is 39.0. The second-order valence-electron chi connectivity index (χ2n) is 16.4. The predicted octanol–water partition coefficient (Wildman–Crippen LogP) is 5.12. The summed E-state index contributed by atoms with van der Waals surface area (Å²) in [4.78, 5) is 120. The van der Waals surface area contributed by atoms with Crippen LogP contribution in [0.2, 0.25) is 0 Å². The van der Waals surface area contributed by atoms with E-state index in [1.165, 1.54) is 38.1 Å². The molecule has 380 valence electrons. The van der Waals surface area contributed by atoms with Crippen molar-refractivity contribution in [3.05, 3.63) is 139 Å². The number of aryl methyl sites for hydroxylation is 4. The van der Waals surface area contributed by atoms with Crippen molar-refractivity contribution in [3.8, 4) is 0 Å². The Balaban J connectivity index is 0.000000474. The van der Waals surface area contributed by atoms with Gasteiger partial charge in [-0.25, -0.2) is 14.4 Å². The minimum Gasteiger partial charge on any atom is -0.481 e. The Morgan fingerprint density at radius 3 is 1.00 bits per heavy atom. The van der Waals surface area contributed by atoms with Crippen molar-refractivity contribution in [2.24, 2.45) is 5.41 Å². The van der Waals surface area contributed by atoms with E-state index in [0.29, 0.717) is 33.4 Å². The highest BCUT2D eigenvalue weighted by molar-refractivity contribution is 5.99. The highest BCUT2D eigenvalue weighted by atomic mass is 16.4. The Bertz CT molecular complexity index is 2620. The van der Waals surface area contributed by atoms with Crippen molar-refractivity contribution in [2.45, 2.75) is 86.0 Å². The summed E-state index contributed by atoms with van der Waals surface area (Å²) in [6.07, 6.45) is -2.56. The summed E-state index contributed by atoms with van der Waals surface area (Å²) >= 11 is 0. The van der Waals surface area contributed by atoms with Gasteiger partial charge in [-0.15, -0.1) is 0 Å². The molecule has 22 nitrogen and oxygen atoms in total. The van der Waals surface area contributed by atoms with E-state index in [0.717, 1.165) is 5.56 Å². The van der Waals surface area contributed by atoms with E-state index in [1.54, 1.807) is 57.2 Å². The Morgan fingerprint density at radius 1 is 0.394 bits per heavy atom. The average molecular weight is 993 g/mol. The molecule has 0 spiro atoms. The molecule has 1 unspecified atom stereocenters. The fourth-order valence-electron chi connectivity index (χ4n) is 7.10. The van der Waals surface area contributed by atoms with Gasteiger partial charge < -0.3 is 56.2 Å². The minimum atomic E-state index is -1.35. The molecule has 0 heterocycles. The van der Waals surface area contributed by atoms with E-state index in [1.807, 2.05) is 6.92 Å². The van der Waals surface area contributed by atoms with Gasteiger partial charge in [-0.2, -0.15) is 0 Å². The van der Waals surface area contributed by atoms with Crippen molar-refractivity contribution in [3.63, 3.8) is 0 Å². The smallest absolute Gasteiger partial charge is 0.336 e. The third-order valence-electron chi connectivity index (χ3n) is 10.0. The highest BCUT2D eigenvalue weighted by Gasteiger charge is 2.42. The second kappa shape index (κ2) is 26.6. The molecule has 22 heteroatoms. The lowest BCUT2D eigenvalue weighted by atomic mass is 9.75. The molecule has 11 N–H and O–H groups in total. The predicted molar refractivity (Wildman–Crippen MR) is 245 cm³/mol. The number of aromatic carboxylic acids is 3. The molecule has 71 heavy (non-hydrogen) atoms. The van der Waals surface area contributed by atoms with E-state index in [-0.39, 0.29) is 58.2 Å². The number of hydrogen-bond acceptors (Lipinski definition) is 11. The topological polar surface area (TPSA) is 410 Å². The number of carboxylic acid groups (broad SMARTS) is 11. The molecule has 0 fully saturated rings. The van der Waals surface area contributed by atoms with Gasteiger partial charge in [0.2, 0.25) is 0 Å². The molecule has 4 rings (SSSR count). The third-order valence-corrected chi connectivity index (χ3v) is 10.0. The first-order valence-electron chi connectivity index (χ1n) is 20.6. The lowest BCUT2D eigenvalue weighted by Crippen LogP contribution is -2.36. The van der Waals surface area contributed by atoms with Crippen LogP contribution in [0.3, 0.4) is 0 Å². The molecule has 0 aromatic heterocycles. The van der Waals surface area contributed by atoms with Crippen LogP contribution in [0.5, 0.6) is 0 Å². The zero-order chi connectivity index (χ0) is 54.8. The minimum absolute atomic E-state index is 0.117. The van der Waals surface area contributed by atoms with Gasteiger partial charge in [0.05, 0.1) is 66.5 Å². The van der Waals surface area contributed by atoms with Crippen molar-refractivity contribution in [1.82, 2.24) is 0 Å². The zero-order valence-corrected chi connectivity index (χ0v) is 39.0. The van der Waals surface area contributed by atoms with Crippen LogP contribution in [0.1, 0.15) is 112 Å². The molecule has 4 aromatic carbocycles. The first-order valence-corrected chi connectivity index (χ1v) is 20.6. The fraction of sp³-hybridized carbons (Fsp3) is 0.286. The Hall–Kier alpha value is -8.95. The van der Waals surface area contributed by atoms with Crippen LogP contribution >= 0.6 is 0 Å². The number of hydrogen-bond donors (Lipinski definition) is 11. The van der Waals surface area contributed by atoms with Gasteiger partial charge >= 0.3 is 65.7 Å². The summed E-state index contributed by atoms with van der Waals surface area (Å²) in [5.41, 5.74) is 2.19. The second-order valence-corrected chi connectivity index (χ2v) is 16.4. The van der Waals surface area contributed by atoms with Gasteiger partial charge in [-0.1, -0.05) is 65.2 Å². The molecular weight excluding hydrogens is 941 g/mol. The van der Waals surface area contributed by atoms with Crippen LogP contribution < -0.4 is 0 Å². The van der Waals surface area contributed by atoms with Crippen LogP contribution in [-0.2, 0) is 76.9 Å². The quantitative estimate of drug-likeness (QED) is 0.0581. The molecule has 0 aliphatic heterocycles. The monoisotopic (exact) mass is 992 g/mol. The van der Waals surface area contributed by atoms with Crippen LogP contribution in [0, 0.1) is 33.1 Å². The van der Waals surface area contributed by atoms with E-state index in [9.17, 15) is 57.8 Å². The van der Waals surface area contributed by atoms with E-state index < -0.39 is 96.3 Å². The lowest BCUT2D eigenvalue weighted by molar-refractivity contribution is -0.156. The number of rotatable bonds is 19. The van der Waals surface area contributed by atoms with E-state index in [4.69, 9.17) is 51.1 Å². The highest BCUT2D eigenvalue weighted by Crippen LogP contribution is 2.36. The number of carboxylic acids is 11. The molecular formula is C49H52O22. The van der Waals surface area contributed by atoms with Gasteiger partial charge in [0, 0.05) is 0 Å². The first kappa shape index (κ1) is 60.1. The van der Waals surface area contributed by atoms with E-state index in [2.05, 4.69) is 0 Å². The SMILES string of the molecule is Cc1cc(C(=O)O)c(CC(=O)O)c(C(=O)O)c1.Cc1cc(CC(=O)O)c(C(=O)O)c(CC(=O)O)c1.Cc1cc(CC(=O)O)c(CC(=O)O)c(CC(=O)O)c1.Cc1ccc(C(C(=O)O)C(C)(C)C(=O)O)cc1. The van der Waals surface area contributed by atoms with Crippen LogP contribution in [0.4, 0.5) is 0 Å². The summed E-state index contributed by atoms with van der Waals surface area (Å²) < 4.78 is 0. The molecule has 0 aliphatic rings. The Labute approximate surface area is 403 Å². The van der Waals surface area contributed by atoms with E-state index >= 15 is 0 Å². The molecule has 0 saturated heterocycles. The molecule has 4 aromatic rings. The van der Waals surface area contributed by atoms with Crippen LogP contribution in [-0.4, -0.2) is 122 Å². The van der Waals surface area contributed by atoms with Crippen molar-refractivity contribution >= 4 is 65.7 Å². The van der Waals surface area contributed by atoms with Crippen molar-refractivity contribution in [1.29, 1.82) is 0 Å². The standard InChI is InChI=1S/C13H14O6.C13H16O4.C12H12O6.C11H10O6/c1-7-2-8(4-11(14)15)10(6-13(18)19)9(3-7)5-12(16)17;1-8-4-6-9(7-5-8)10(11(14)15)13(2,3)12(16)17;1-6-2-7(4-9(13)14)11(12(17)18)8(3-6)5-10(15)16;1-5-2-7(10(14)15)6(4-9(12)13)8(3-5)11(16)17/h2-3H,4-6H2,1H3,(H,14,15)(H,16,17)(H,18,19);4-7,10H,1-3H3,(H,14,15)(H,16,17);2-3H,4-5H2,1H3,(H,13,14)(H,15,16)(H,17,18);2-3H,4H2,1H3,(H,12,13)(H,14,15)(H,16,17). The summed E-state index contributed by atoms with van der Waals surface area (Å²) in [6, 6.07) is 15.5. The summed E-state index contributed by atoms with van der Waals surface area (Å²) in [6.45, 7) is 9.65. The van der Waals surface area contributed by atoms with Gasteiger partial charge in [-0.3, -0.25) is 38.4 Å². The molecule has 0 saturated carbocycles. The number of aliphatic carboxylic acids is 8. The van der Waals surface area contributed by atoms with Crippen molar-refractivity contribution in [2.75, 3.05) is 0 Å². The van der Waals surface area contributed by atoms with Crippen molar-refractivity contribution < 1.29 is 109 Å². The van der Waals surface area contributed by atoms with Gasteiger partial charge in [0.15, 0.2) is 0 Å². The van der Waals surface area contributed by atoms with Gasteiger partial charge in [-0.05, 0) is 98.2 Å². The maximum absolute atomic E-state index is 11.3. The molecule has 1 atom stereocenters. The van der Waals surface area contributed by atoms with Gasteiger partial charge in [0.25, 0.3) is 0 Å².